The van der Waals surface area contributed by atoms with Gasteiger partial charge in [-0.1, -0.05) is 62.9 Å². The van der Waals surface area contributed by atoms with Crippen LogP contribution in [0.25, 0.3) is 0 Å². The summed E-state index contributed by atoms with van der Waals surface area (Å²) in [6, 6.07) is 17.7. The lowest BCUT2D eigenvalue weighted by Crippen LogP contribution is -2.29. The van der Waals surface area contributed by atoms with Crippen LogP contribution in [0.3, 0.4) is 0 Å². The van der Waals surface area contributed by atoms with Gasteiger partial charge in [0.2, 0.25) is 5.91 Å². The zero-order valence-electron chi connectivity index (χ0n) is 25.5. The SMILES string of the molecule is C=C(CCCC(=O)NCOCCC(C)(C)C(=O)Sc1c(F)c(C)cc(F)c1F)N1Cc2ccccc2CCc2ccccc21. The van der Waals surface area contributed by atoms with Crippen molar-refractivity contribution in [1.29, 1.82) is 0 Å². The molecule has 5 nitrogen and oxygen atoms in total. The maximum Gasteiger partial charge on any atom is 0.221 e. The van der Waals surface area contributed by atoms with Crippen LogP contribution in [0.5, 0.6) is 0 Å². The summed E-state index contributed by atoms with van der Waals surface area (Å²) in [5.41, 5.74) is 4.94. The third kappa shape index (κ3) is 8.33. The van der Waals surface area contributed by atoms with Crippen LogP contribution in [0.1, 0.15) is 61.8 Å². The molecule has 1 aliphatic rings. The van der Waals surface area contributed by atoms with E-state index in [4.69, 9.17) is 4.74 Å². The first-order chi connectivity index (χ1) is 21.0. The Morgan fingerprint density at radius 1 is 0.977 bits per heavy atom. The fourth-order valence-corrected chi connectivity index (χ4v) is 6.08. The summed E-state index contributed by atoms with van der Waals surface area (Å²) < 4.78 is 47.7. The standard InChI is InChI=1S/C35H39F3N2O3S/c1-23-20-28(36)32(38)33(31(23)37)44-34(42)35(3,4)18-19-43-22-39-30(41)15-9-10-24(2)40-21-27-13-6-5-11-25(27)16-17-26-12-7-8-14-29(26)40/h5-8,11-14,20H,2,9-10,15-19,21-22H2,1,3-4H3,(H,39,41). The van der Waals surface area contributed by atoms with Gasteiger partial charge in [-0.3, -0.25) is 9.59 Å². The highest BCUT2D eigenvalue weighted by Gasteiger charge is 2.31. The second kappa shape index (κ2) is 14.9. The van der Waals surface area contributed by atoms with Crippen LogP contribution in [-0.4, -0.2) is 24.4 Å². The quantitative estimate of drug-likeness (QED) is 0.0957. The van der Waals surface area contributed by atoms with Gasteiger partial charge in [0.1, 0.15) is 12.5 Å². The summed E-state index contributed by atoms with van der Waals surface area (Å²) >= 11 is 0.353. The van der Waals surface area contributed by atoms with Gasteiger partial charge in [-0.25, -0.2) is 13.2 Å². The van der Waals surface area contributed by atoms with Gasteiger partial charge in [0.15, 0.2) is 16.7 Å². The molecule has 0 aliphatic carbocycles. The number of nitrogens with one attached hydrogen (secondary N) is 1. The van der Waals surface area contributed by atoms with Crippen LogP contribution in [0.15, 0.2) is 71.8 Å². The zero-order chi connectivity index (χ0) is 31.9. The van der Waals surface area contributed by atoms with E-state index in [1.54, 1.807) is 13.8 Å². The molecule has 4 rings (SSSR count). The Balaban J connectivity index is 1.20. The van der Waals surface area contributed by atoms with Crippen LogP contribution < -0.4 is 10.2 Å². The van der Waals surface area contributed by atoms with Crippen molar-refractivity contribution in [2.75, 3.05) is 18.2 Å². The van der Waals surface area contributed by atoms with E-state index < -0.39 is 32.9 Å². The predicted octanol–water partition coefficient (Wildman–Crippen LogP) is 8.03. The number of para-hydroxylation sites is 1. The molecule has 3 aromatic rings. The fourth-order valence-electron chi connectivity index (χ4n) is 5.08. The third-order valence-electron chi connectivity index (χ3n) is 7.93. The van der Waals surface area contributed by atoms with Crippen molar-refractivity contribution in [2.45, 2.75) is 70.7 Å². The lowest BCUT2D eigenvalue weighted by molar-refractivity contribution is -0.123. The van der Waals surface area contributed by atoms with Crippen molar-refractivity contribution >= 4 is 28.5 Å². The van der Waals surface area contributed by atoms with Gasteiger partial charge in [-0.2, -0.15) is 0 Å². The molecule has 1 aliphatic heterocycles. The minimum atomic E-state index is -1.37. The first-order valence-electron chi connectivity index (χ1n) is 14.8. The van der Waals surface area contributed by atoms with Crippen molar-refractivity contribution in [2.24, 2.45) is 5.41 Å². The average molecular weight is 625 g/mol. The molecule has 44 heavy (non-hydrogen) atoms. The van der Waals surface area contributed by atoms with Crippen molar-refractivity contribution in [3.63, 3.8) is 0 Å². The molecule has 3 aromatic carbocycles. The Bertz CT molecular complexity index is 1500. The number of benzene rings is 3. The van der Waals surface area contributed by atoms with Gasteiger partial charge in [0, 0.05) is 36.4 Å². The Labute approximate surface area is 261 Å². The molecule has 1 amide bonds. The largest absolute Gasteiger partial charge is 0.361 e. The Morgan fingerprint density at radius 3 is 2.39 bits per heavy atom. The van der Waals surface area contributed by atoms with Gasteiger partial charge in [0.05, 0.1) is 4.90 Å². The molecule has 0 saturated heterocycles. The minimum absolute atomic E-state index is 0.0280. The molecule has 0 atom stereocenters. The van der Waals surface area contributed by atoms with Gasteiger partial charge in [-0.05, 0) is 85.2 Å². The second-order valence-electron chi connectivity index (χ2n) is 11.7. The predicted molar refractivity (Wildman–Crippen MR) is 169 cm³/mol. The highest BCUT2D eigenvalue weighted by molar-refractivity contribution is 8.13. The molecule has 1 heterocycles. The van der Waals surface area contributed by atoms with E-state index in [9.17, 15) is 22.8 Å². The third-order valence-corrected chi connectivity index (χ3v) is 9.23. The topological polar surface area (TPSA) is 58.6 Å². The number of allylic oxidation sites excluding steroid dienone is 1. The number of thioether (sulfide) groups is 1. The molecular formula is C35H39F3N2O3S. The van der Waals surface area contributed by atoms with Crippen molar-refractivity contribution < 1.29 is 27.5 Å². The van der Waals surface area contributed by atoms with Gasteiger partial charge < -0.3 is 15.0 Å². The van der Waals surface area contributed by atoms with Crippen LogP contribution in [0.4, 0.5) is 18.9 Å². The number of amides is 1. The number of hydrogen-bond donors (Lipinski definition) is 1. The van der Waals surface area contributed by atoms with E-state index in [1.807, 2.05) is 6.07 Å². The molecule has 0 aromatic heterocycles. The number of fused-ring (bicyclic) bond motifs is 2. The Morgan fingerprint density at radius 2 is 1.64 bits per heavy atom. The first kappa shape index (κ1) is 33.3. The Kier molecular flexibility index (Phi) is 11.3. The van der Waals surface area contributed by atoms with Gasteiger partial charge >= 0.3 is 0 Å². The normalized spacial score (nSPS) is 13.0. The number of rotatable bonds is 12. The summed E-state index contributed by atoms with van der Waals surface area (Å²) in [5, 5.41) is 2.22. The van der Waals surface area contributed by atoms with Gasteiger partial charge in [0.25, 0.3) is 0 Å². The maximum absolute atomic E-state index is 14.3. The fraction of sp³-hybridized carbons (Fsp3) is 0.371. The number of aryl methyl sites for hydroxylation is 3. The van der Waals surface area contributed by atoms with Crippen molar-refractivity contribution in [3.05, 3.63) is 107 Å². The summed E-state index contributed by atoms with van der Waals surface area (Å²) in [4.78, 5) is 26.8. The minimum Gasteiger partial charge on any atom is -0.361 e. The number of halogens is 3. The maximum atomic E-state index is 14.3. The van der Waals surface area contributed by atoms with E-state index >= 15 is 0 Å². The molecule has 0 unspecified atom stereocenters. The highest BCUT2D eigenvalue weighted by atomic mass is 32.2. The van der Waals surface area contributed by atoms with E-state index in [-0.39, 0.29) is 31.2 Å². The summed E-state index contributed by atoms with van der Waals surface area (Å²) in [7, 11) is 0. The smallest absolute Gasteiger partial charge is 0.221 e. The molecule has 0 saturated carbocycles. The molecule has 234 valence electrons. The molecular weight excluding hydrogens is 585 g/mol. The van der Waals surface area contributed by atoms with E-state index in [1.165, 1.54) is 23.6 Å². The zero-order valence-corrected chi connectivity index (χ0v) is 26.3. The van der Waals surface area contributed by atoms with E-state index in [0.29, 0.717) is 31.0 Å². The van der Waals surface area contributed by atoms with Crippen LogP contribution in [0, 0.1) is 29.8 Å². The Hall–Kier alpha value is -3.56. The van der Waals surface area contributed by atoms with Crippen molar-refractivity contribution in [1.82, 2.24) is 5.32 Å². The molecule has 1 N–H and O–H groups in total. The summed E-state index contributed by atoms with van der Waals surface area (Å²) in [6.45, 7) is 9.77. The first-order valence-corrected chi connectivity index (χ1v) is 15.6. The molecule has 0 fully saturated rings. The lowest BCUT2D eigenvalue weighted by Gasteiger charge is -2.32. The van der Waals surface area contributed by atoms with Crippen LogP contribution >= 0.6 is 11.8 Å². The molecule has 0 radical (unpaired) electrons. The molecule has 9 heteroatoms. The van der Waals surface area contributed by atoms with Crippen molar-refractivity contribution in [3.8, 4) is 0 Å². The highest BCUT2D eigenvalue weighted by Crippen LogP contribution is 2.36. The number of hydrogen-bond acceptors (Lipinski definition) is 5. The number of nitrogens with zero attached hydrogens (tertiary/aromatic N) is 1. The van der Waals surface area contributed by atoms with E-state index in [0.717, 1.165) is 36.8 Å². The van der Waals surface area contributed by atoms with Crippen LogP contribution in [-0.2, 0) is 33.7 Å². The number of carbonyl (C=O) groups excluding carboxylic acids is 2. The van der Waals surface area contributed by atoms with E-state index in [2.05, 4.69) is 59.3 Å². The van der Waals surface area contributed by atoms with Gasteiger partial charge in [-0.15, -0.1) is 0 Å². The lowest BCUT2D eigenvalue weighted by atomic mass is 9.92. The summed E-state index contributed by atoms with van der Waals surface area (Å²) in [5.74, 6) is -3.68. The monoisotopic (exact) mass is 624 g/mol. The molecule has 0 spiro atoms. The summed E-state index contributed by atoms with van der Waals surface area (Å²) in [6.07, 6.45) is 3.78. The number of anilines is 1. The number of ether oxygens (including phenoxy) is 1. The molecule has 0 bridgehead atoms. The average Bonchev–Trinajstić information content (AvgIpc) is 2.99. The van der Waals surface area contributed by atoms with Crippen LogP contribution in [0.2, 0.25) is 0 Å². The number of carbonyl (C=O) groups is 2. The second-order valence-corrected chi connectivity index (χ2v) is 12.7.